The van der Waals surface area contributed by atoms with E-state index < -0.39 is 23.4 Å². The molecular formula is C38H32ClFN2O7S. The molecule has 0 spiro atoms. The summed E-state index contributed by atoms with van der Waals surface area (Å²) in [5, 5.41) is 0.207. The summed E-state index contributed by atoms with van der Waals surface area (Å²) in [6.07, 6.45) is 1.67. The first-order chi connectivity index (χ1) is 24.3. The first-order valence-electron chi connectivity index (χ1n) is 15.5. The number of fused-ring (bicyclic) bond motifs is 1. The second-order valence-electron chi connectivity index (χ2n) is 11.0. The maximum absolute atomic E-state index is 14.4. The molecule has 6 rings (SSSR count). The zero-order valence-corrected chi connectivity index (χ0v) is 29.1. The van der Waals surface area contributed by atoms with E-state index in [0.717, 1.165) is 11.3 Å². The number of benzene rings is 4. The Kier molecular flexibility index (Phi) is 10.4. The standard InChI is InChI=1S/C38H32ClFN2O7S/c1-5-48-37(44)32-33(23-11-7-6-8-12-23)41-38-42(34(32)24-15-16-28(45-2)29(20-24)46-3)36(43)31(50-38)19-22-17-26(39)35(30(18-22)47-4)49-21-25-13-9-10-14-27(25)40/h6-20,34H,5,21H2,1-4H3/b31-19-/t34-/m1/s1. The SMILES string of the molecule is CCOC(=O)C1=C(c2ccccc2)N=c2s/c(=C\c3cc(Cl)c(OCc4ccccc4F)c(OC)c3)c(=O)n2[C@@H]1c1ccc(OC)c(OC)c1. The van der Waals surface area contributed by atoms with Gasteiger partial charge >= 0.3 is 5.97 Å². The van der Waals surface area contributed by atoms with Gasteiger partial charge in [0, 0.05) is 11.1 Å². The lowest BCUT2D eigenvalue weighted by Gasteiger charge is -2.26. The van der Waals surface area contributed by atoms with E-state index in [4.69, 9.17) is 40.3 Å². The molecule has 9 nitrogen and oxygen atoms in total. The minimum absolute atomic E-state index is 0.0661. The smallest absolute Gasteiger partial charge is 0.338 e. The van der Waals surface area contributed by atoms with E-state index in [-0.39, 0.29) is 29.6 Å². The number of carbonyl (C=O) groups is 1. The fraction of sp³-hybridized carbons (Fsp3) is 0.184. The van der Waals surface area contributed by atoms with E-state index in [1.807, 2.05) is 30.3 Å². The average Bonchev–Trinajstić information content (AvgIpc) is 3.44. The molecule has 0 saturated carbocycles. The van der Waals surface area contributed by atoms with E-state index in [1.165, 1.54) is 32.0 Å². The van der Waals surface area contributed by atoms with Crippen molar-refractivity contribution < 1.29 is 32.9 Å². The van der Waals surface area contributed by atoms with Gasteiger partial charge in [0.25, 0.3) is 5.56 Å². The highest BCUT2D eigenvalue weighted by molar-refractivity contribution is 7.07. The largest absolute Gasteiger partial charge is 0.493 e. The van der Waals surface area contributed by atoms with Crippen molar-refractivity contribution in [2.24, 2.45) is 4.99 Å². The van der Waals surface area contributed by atoms with Gasteiger partial charge in [-0.1, -0.05) is 77.5 Å². The molecule has 0 radical (unpaired) electrons. The van der Waals surface area contributed by atoms with E-state index in [9.17, 15) is 14.0 Å². The van der Waals surface area contributed by atoms with Gasteiger partial charge in [-0.25, -0.2) is 14.2 Å². The molecule has 0 amide bonds. The number of rotatable bonds is 11. The van der Waals surface area contributed by atoms with Crippen LogP contribution in [0, 0.1) is 5.82 Å². The zero-order valence-electron chi connectivity index (χ0n) is 27.6. The lowest BCUT2D eigenvalue weighted by Crippen LogP contribution is -2.40. The summed E-state index contributed by atoms with van der Waals surface area (Å²) < 4.78 is 44.1. The highest BCUT2D eigenvalue weighted by Gasteiger charge is 2.35. The molecule has 0 fully saturated rings. The molecule has 12 heteroatoms. The minimum Gasteiger partial charge on any atom is -0.493 e. The van der Waals surface area contributed by atoms with E-state index in [2.05, 4.69) is 0 Å². The molecule has 0 N–H and O–H groups in total. The Morgan fingerprint density at radius 3 is 2.36 bits per heavy atom. The van der Waals surface area contributed by atoms with Crippen molar-refractivity contribution in [1.29, 1.82) is 0 Å². The molecule has 1 atom stereocenters. The van der Waals surface area contributed by atoms with E-state index >= 15 is 0 Å². The summed E-state index contributed by atoms with van der Waals surface area (Å²) in [7, 11) is 4.51. The van der Waals surface area contributed by atoms with Crippen LogP contribution in [0.5, 0.6) is 23.0 Å². The fourth-order valence-corrected chi connectivity index (χ4v) is 6.93. The highest BCUT2D eigenvalue weighted by Crippen LogP contribution is 2.39. The maximum atomic E-state index is 14.4. The maximum Gasteiger partial charge on any atom is 0.338 e. The van der Waals surface area contributed by atoms with Crippen LogP contribution in [0.1, 0.15) is 35.2 Å². The average molecular weight is 715 g/mol. The number of nitrogens with zero attached hydrogens (tertiary/aromatic N) is 2. The zero-order chi connectivity index (χ0) is 35.4. The first-order valence-corrected chi connectivity index (χ1v) is 16.7. The number of methoxy groups -OCH3 is 3. The number of ether oxygens (including phenoxy) is 5. The molecule has 2 heterocycles. The van der Waals surface area contributed by atoms with Crippen LogP contribution in [0.2, 0.25) is 5.02 Å². The second-order valence-corrected chi connectivity index (χ2v) is 12.4. The number of aromatic nitrogens is 1. The van der Waals surface area contributed by atoms with Gasteiger partial charge in [-0.3, -0.25) is 9.36 Å². The monoisotopic (exact) mass is 714 g/mol. The Morgan fingerprint density at radius 1 is 0.940 bits per heavy atom. The van der Waals surface area contributed by atoms with Crippen LogP contribution in [0.15, 0.2) is 100 Å². The van der Waals surface area contributed by atoms with Gasteiger partial charge in [-0.2, -0.15) is 0 Å². The van der Waals surface area contributed by atoms with Crippen molar-refractivity contribution in [3.05, 3.63) is 143 Å². The van der Waals surface area contributed by atoms with Crippen LogP contribution in [0.25, 0.3) is 11.8 Å². The van der Waals surface area contributed by atoms with Crippen LogP contribution >= 0.6 is 22.9 Å². The van der Waals surface area contributed by atoms with Crippen molar-refractivity contribution in [2.75, 3.05) is 27.9 Å². The molecule has 4 aromatic carbocycles. The van der Waals surface area contributed by atoms with Gasteiger partial charge in [0.05, 0.1) is 54.8 Å². The number of hydrogen-bond acceptors (Lipinski definition) is 9. The topological polar surface area (TPSA) is 97.6 Å². The van der Waals surface area contributed by atoms with Crippen molar-refractivity contribution in [1.82, 2.24) is 4.57 Å². The van der Waals surface area contributed by atoms with Gasteiger partial charge in [-0.15, -0.1) is 0 Å². The van der Waals surface area contributed by atoms with Crippen LogP contribution in [-0.2, 0) is 16.1 Å². The Morgan fingerprint density at radius 2 is 1.66 bits per heavy atom. The summed E-state index contributed by atoms with van der Waals surface area (Å²) in [6.45, 7) is 1.77. The van der Waals surface area contributed by atoms with Crippen molar-refractivity contribution in [2.45, 2.75) is 19.6 Å². The lowest BCUT2D eigenvalue weighted by molar-refractivity contribution is -0.138. The third kappa shape index (κ3) is 6.74. The molecule has 5 aromatic rings. The number of halogens is 2. The van der Waals surface area contributed by atoms with E-state index in [0.29, 0.717) is 54.5 Å². The second kappa shape index (κ2) is 15.0. The fourth-order valence-electron chi connectivity index (χ4n) is 5.66. The third-order valence-corrected chi connectivity index (χ3v) is 9.24. The number of carbonyl (C=O) groups excluding carboxylic acids is 1. The van der Waals surface area contributed by atoms with Crippen LogP contribution < -0.4 is 33.8 Å². The minimum atomic E-state index is -0.922. The normalized spacial score (nSPS) is 14.1. The summed E-state index contributed by atoms with van der Waals surface area (Å²) in [5.41, 5.74) is 2.37. The Bertz CT molecular complexity index is 2280. The van der Waals surface area contributed by atoms with Crippen LogP contribution in [0.3, 0.4) is 0 Å². The Balaban J connectivity index is 1.52. The Labute approximate surface area is 296 Å². The van der Waals surface area contributed by atoms with Gasteiger partial charge in [0.15, 0.2) is 27.8 Å². The van der Waals surface area contributed by atoms with Gasteiger partial charge < -0.3 is 23.7 Å². The summed E-state index contributed by atoms with van der Waals surface area (Å²) >= 11 is 7.82. The predicted octanol–water partition coefficient (Wildman–Crippen LogP) is 6.33. The first kappa shape index (κ1) is 34.5. The molecule has 0 aliphatic carbocycles. The predicted molar refractivity (Wildman–Crippen MR) is 189 cm³/mol. The molecule has 256 valence electrons. The lowest BCUT2D eigenvalue weighted by atomic mass is 9.93. The third-order valence-electron chi connectivity index (χ3n) is 7.98. The van der Waals surface area contributed by atoms with Gasteiger partial charge in [0.2, 0.25) is 0 Å². The van der Waals surface area contributed by atoms with Crippen molar-refractivity contribution >= 4 is 40.7 Å². The summed E-state index contributed by atoms with van der Waals surface area (Å²) in [5.74, 6) is 0.436. The molecular weight excluding hydrogens is 683 g/mol. The summed E-state index contributed by atoms with van der Waals surface area (Å²) in [6, 6.07) is 23.2. The van der Waals surface area contributed by atoms with Gasteiger partial charge in [0.1, 0.15) is 12.4 Å². The molecule has 0 saturated heterocycles. The molecule has 0 unspecified atom stereocenters. The number of hydrogen-bond donors (Lipinski definition) is 0. The molecule has 1 aliphatic rings. The van der Waals surface area contributed by atoms with Crippen molar-refractivity contribution in [3.63, 3.8) is 0 Å². The molecule has 0 bridgehead atoms. The van der Waals surface area contributed by atoms with Crippen LogP contribution in [0.4, 0.5) is 4.39 Å². The Hall–Kier alpha value is -5.39. The highest BCUT2D eigenvalue weighted by atomic mass is 35.5. The molecule has 1 aromatic heterocycles. The summed E-state index contributed by atoms with van der Waals surface area (Å²) in [4.78, 5) is 33.4. The number of esters is 1. The quantitative estimate of drug-likeness (QED) is 0.148. The van der Waals surface area contributed by atoms with E-state index in [1.54, 1.807) is 61.5 Å². The number of thiazole rings is 1. The molecule has 50 heavy (non-hydrogen) atoms. The van der Waals surface area contributed by atoms with Gasteiger partial charge in [-0.05, 0) is 54.5 Å². The van der Waals surface area contributed by atoms with Crippen LogP contribution in [-0.4, -0.2) is 38.5 Å². The molecule has 1 aliphatic heterocycles. The van der Waals surface area contributed by atoms with Crippen molar-refractivity contribution in [3.8, 4) is 23.0 Å².